The first-order chi connectivity index (χ1) is 10.4. The molecule has 1 aliphatic carbocycles. The highest BCUT2D eigenvalue weighted by molar-refractivity contribution is 5.76. The Morgan fingerprint density at radius 1 is 1.45 bits per heavy atom. The van der Waals surface area contributed by atoms with E-state index in [0.29, 0.717) is 13.1 Å². The standard InChI is InChI=1S/C15H21N3O4/c1-10-7-18(9-15(10,22)11-3-2-4-11)13(20)8-17-6-5-12(19)16-14(17)21/h5-6,10-11,22H,2-4,7-9H2,1H3,(H,16,19,21)/t10-,15+/m1/s1. The Hall–Kier alpha value is -1.89. The van der Waals surface area contributed by atoms with Crippen molar-refractivity contribution in [2.75, 3.05) is 13.1 Å². The third kappa shape index (κ3) is 2.49. The minimum Gasteiger partial charge on any atom is -0.387 e. The number of rotatable bonds is 3. The van der Waals surface area contributed by atoms with Crippen LogP contribution in [0.5, 0.6) is 0 Å². The van der Waals surface area contributed by atoms with Crippen LogP contribution in [0.3, 0.4) is 0 Å². The normalized spacial score (nSPS) is 28.6. The highest BCUT2D eigenvalue weighted by Gasteiger charge is 2.50. The molecule has 1 saturated heterocycles. The van der Waals surface area contributed by atoms with E-state index in [9.17, 15) is 19.5 Å². The van der Waals surface area contributed by atoms with Gasteiger partial charge < -0.3 is 10.0 Å². The zero-order chi connectivity index (χ0) is 15.9. The van der Waals surface area contributed by atoms with Gasteiger partial charge in [-0.2, -0.15) is 0 Å². The van der Waals surface area contributed by atoms with Gasteiger partial charge in [-0.1, -0.05) is 13.3 Å². The Kier molecular flexibility index (Phi) is 3.68. The molecule has 7 nitrogen and oxygen atoms in total. The maximum absolute atomic E-state index is 12.4. The minimum absolute atomic E-state index is 0.0362. The van der Waals surface area contributed by atoms with E-state index in [0.717, 1.165) is 19.3 Å². The van der Waals surface area contributed by atoms with Gasteiger partial charge in [-0.25, -0.2) is 4.79 Å². The fourth-order valence-electron chi connectivity index (χ4n) is 3.46. The van der Waals surface area contributed by atoms with Crippen LogP contribution >= 0.6 is 0 Å². The molecule has 1 aromatic rings. The van der Waals surface area contributed by atoms with Crippen LogP contribution in [0, 0.1) is 11.8 Å². The third-order valence-electron chi connectivity index (χ3n) is 5.16. The number of aromatic nitrogens is 2. The van der Waals surface area contributed by atoms with Gasteiger partial charge in [0.05, 0.1) is 12.1 Å². The lowest BCUT2D eigenvalue weighted by Crippen LogP contribution is -2.48. The number of nitrogens with zero attached hydrogens (tertiary/aromatic N) is 2. The van der Waals surface area contributed by atoms with Crippen LogP contribution in [0.15, 0.2) is 21.9 Å². The van der Waals surface area contributed by atoms with Gasteiger partial charge in [0, 0.05) is 24.7 Å². The molecule has 120 valence electrons. The second kappa shape index (κ2) is 5.39. The molecular weight excluding hydrogens is 286 g/mol. The summed E-state index contributed by atoms with van der Waals surface area (Å²) in [5.74, 6) is 0.0985. The number of hydrogen-bond acceptors (Lipinski definition) is 4. The van der Waals surface area contributed by atoms with E-state index in [1.54, 1.807) is 4.90 Å². The van der Waals surface area contributed by atoms with Gasteiger partial charge in [0.1, 0.15) is 6.54 Å². The van der Waals surface area contributed by atoms with Gasteiger partial charge in [-0.05, 0) is 18.8 Å². The van der Waals surface area contributed by atoms with Crippen LogP contribution in [0.2, 0.25) is 0 Å². The van der Waals surface area contributed by atoms with Gasteiger partial charge in [0.2, 0.25) is 5.91 Å². The van der Waals surface area contributed by atoms with E-state index in [1.807, 2.05) is 6.92 Å². The summed E-state index contributed by atoms with van der Waals surface area (Å²) >= 11 is 0. The second-order valence-electron chi connectivity index (χ2n) is 6.53. The first kappa shape index (κ1) is 15.0. The lowest BCUT2D eigenvalue weighted by molar-refractivity contribution is -0.133. The second-order valence-corrected chi connectivity index (χ2v) is 6.53. The molecule has 22 heavy (non-hydrogen) atoms. The number of nitrogens with one attached hydrogen (secondary N) is 1. The molecule has 0 radical (unpaired) electrons. The number of hydrogen-bond donors (Lipinski definition) is 2. The molecule has 2 N–H and O–H groups in total. The van der Waals surface area contributed by atoms with Gasteiger partial charge in [0.25, 0.3) is 5.56 Å². The molecule has 7 heteroatoms. The maximum atomic E-state index is 12.4. The predicted molar refractivity (Wildman–Crippen MR) is 79.4 cm³/mol. The van der Waals surface area contributed by atoms with Crippen molar-refractivity contribution >= 4 is 5.91 Å². The highest BCUT2D eigenvalue weighted by Crippen LogP contribution is 2.44. The Morgan fingerprint density at radius 2 is 2.18 bits per heavy atom. The summed E-state index contributed by atoms with van der Waals surface area (Å²) < 4.78 is 1.18. The third-order valence-corrected chi connectivity index (χ3v) is 5.16. The average Bonchev–Trinajstić information content (AvgIpc) is 2.67. The van der Waals surface area contributed by atoms with E-state index >= 15 is 0 Å². The maximum Gasteiger partial charge on any atom is 0.328 e. The summed E-state index contributed by atoms with van der Waals surface area (Å²) in [7, 11) is 0. The Morgan fingerprint density at radius 3 is 2.77 bits per heavy atom. The first-order valence-electron chi connectivity index (χ1n) is 7.70. The molecule has 1 amide bonds. The van der Waals surface area contributed by atoms with Crippen LogP contribution in [-0.2, 0) is 11.3 Å². The van der Waals surface area contributed by atoms with Crippen molar-refractivity contribution in [3.8, 4) is 0 Å². The SMILES string of the molecule is C[C@@H]1CN(C(=O)Cn2ccc(=O)[nH]c2=O)C[C@@]1(O)C1CCC1. The monoisotopic (exact) mass is 307 g/mol. The molecule has 1 saturated carbocycles. The van der Waals surface area contributed by atoms with E-state index < -0.39 is 16.9 Å². The van der Waals surface area contributed by atoms with Crippen molar-refractivity contribution in [1.29, 1.82) is 0 Å². The lowest BCUT2D eigenvalue weighted by atomic mass is 9.69. The van der Waals surface area contributed by atoms with Crippen LogP contribution in [0.4, 0.5) is 0 Å². The fourth-order valence-corrected chi connectivity index (χ4v) is 3.46. The largest absolute Gasteiger partial charge is 0.387 e. The van der Waals surface area contributed by atoms with Crippen molar-refractivity contribution in [3.05, 3.63) is 33.1 Å². The molecule has 3 rings (SSSR count). The van der Waals surface area contributed by atoms with Crippen LogP contribution in [-0.4, -0.2) is 44.2 Å². The Balaban J connectivity index is 1.71. The van der Waals surface area contributed by atoms with Crippen molar-refractivity contribution < 1.29 is 9.90 Å². The zero-order valence-corrected chi connectivity index (χ0v) is 12.6. The van der Waals surface area contributed by atoms with Crippen LogP contribution in [0.1, 0.15) is 26.2 Å². The summed E-state index contributed by atoms with van der Waals surface area (Å²) in [5, 5.41) is 10.8. The summed E-state index contributed by atoms with van der Waals surface area (Å²) in [6.45, 7) is 2.68. The molecule has 0 spiro atoms. The Labute approximate surface area is 127 Å². The minimum atomic E-state index is -0.802. The smallest absolute Gasteiger partial charge is 0.328 e. The van der Waals surface area contributed by atoms with Crippen molar-refractivity contribution in [2.45, 2.75) is 38.3 Å². The molecular formula is C15H21N3O4. The van der Waals surface area contributed by atoms with Gasteiger partial charge >= 0.3 is 5.69 Å². The number of carbonyl (C=O) groups is 1. The number of carbonyl (C=O) groups excluding carboxylic acids is 1. The number of likely N-dealkylation sites (tertiary alicyclic amines) is 1. The average molecular weight is 307 g/mol. The molecule has 1 aromatic heterocycles. The molecule has 2 atom stereocenters. The Bertz CT molecular complexity index is 691. The molecule has 0 bridgehead atoms. The fraction of sp³-hybridized carbons (Fsp3) is 0.667. The number of aromatic amines is 1. The van der Waals surface area contributed by atoms with Gasteiger partial charge in [-0.3, -0.25) is 19.1 Å². The predicted octanol–water partition coefficient (Wildman–Crippen LogP) is -0.454. The highest BCUT2D eigenvalue weighted by atomic mass is 16.3. The van der Waals surface area contributed by atoms with E-state index in [-0.39, 0.29) is 24.3 Å². The van der Waals surface area contributed by atoms with Crippen molar-refractivity contribution in [2.24, 2.45) is 11.8 Å². The van der Waals surface area contributed by atoms with Crippen molar-refractivity contribution in [1.82, 2.24) is 14.5 Å². The van der Waals surface area contributed by atoms with Crippen molar-refractivity contribution in [3.63, 3.8) is 0 Å². The van der Waals surface area contributed by atoms with E-state index in [1.165, 1.54) is 16.8 Å². The number of H-pyrrole nitrogens is 1. The zero-order valence-electron chi connectivity index (χ0n) is 12.6. The number of β-amino-alcohol motifs (C(OH)–C–C–N with tert-alkyl or cyclic N) is 1. The molecule has 1 aliphatic heterocycles. The number of amides is 1. The van der Waals surface area contributed by atoms with Crippen LogP contribution in [0.25, 0.3) is 0 Å². The van der Waals surface area contributed by atoms with E-state index in [2.05, 4.69) is 4.98 Å². The molecule has 2 aliphatic rings. The quantitative estimate of drug-likeness (QED) is 0.790. The summed E-state index contributed by atoms with van der Waals surface area (Å²) in [4.78, 5) is 38.8. The topological polar surface area (TPSA) is 95.4 Å². The summed E-state index contributed by atoms with van der Waals surface area (Å²) in [5.41, 5.74) is -1.88. The summed E-state index contributed by atoms with van der Waals surface area (Å²) in [6, 6.07) is 1.21. The molecule has 2 fully saturated rings. The number of aliphatic hydroxyl groups is 1. The van der Waals surface area contributed by atoms with Crippen LogP contribution < -0.4 is 11.2 Å². The molecule has 2 heterocycles. The van der Waals surface area contributed by atoms with Gasteiger partial charge in [0.15, 0.2) is 0 Å². The van der Waals surface area contributed by atoms with Gasteiger partial charge in [-0.15, -0.1) is 0 Å². The van der Waals surface area contributed by atoms with E-state index in [4.69, 9.17) is 0 Å². The molecule has 0 unspecified atom stereocenters. The molecule has 0 aromatic carbocycles. The summed E-state index contributed by atoms with van der Waals surface area (Å²) in [6.07, 6.45) is 4.49. The first-order valence-corrected chi connectivity index (χ1v) is 7.70. The lowest BCUT2D eigenvalue weighted by Gasteiger charge is -2.41.